The minimum atomic E-state index is 0.533. The lowest BCUT2D eigenvalue weighted by molar-refractivity contribution is 0.669. The standard InChI is InChI=1S/C51H31N5O/c1-3-15-32(16-4-1)33-17-13-18-34(29-33)49-52-50(40-25-14-24-39-38-23-9-12-28-47(38)57-48(39)40)54-51(53-49)56-44-27-11-8-22-37(44)42-30-45-41(31-46(42)56)36-21-7-10-26-43(36)55(45)35-19-5-2-6-20-35/h1-31H. The van der Waals surface area contributed by atoms with Gasteiger partial charge in [-0.15, -0.1) is 0 Å². The van der Waals surface area contributed by atoms with E-state index in [2.05, 4.69) is 167 Å². The van der Waals surface area contributed by atoms with E-state index in [-0.39, 0.29) is 0 Å². The Morgan fingerprint density at radius 2 is 0.912 bits per heavy atom. The molecule has 0 unspecified atom stereocenters. The van der Waals surface area contributed by atoms with Crippen molar-refractivity contribution in [3.05, 3.63) is 188 Å². The van der Waals surface area contributed by atoms with E-state index >= 15 is 0 Å². The van der Waals surface area contributed by atoms with E-state index in [1.165, 1.54) is 5.39 Å². The third-order valence-corrected chi connectivity index (χ3v) is 11.2. The number of benzene rings is 8. The number of furan rings is 1. The van der Waals surface area contributed by atoms with E-state index in [4.69, 9.17) is 19.4 Å². The van der Waals surface area contributed by atoms with Gasteiger partial charge in [0.1, 0.15) is 11.2 Å². The molecule has 4 heterocycles. The van der Waals surface area contributed by atoms with Crippen molar-refractivity contribution in [2.24, 2.45) is 0 Å². The molecule has 0 amide bonds. The molecular weight excluding hydrogens is 699 g/mol. The van der Waals surface area contributed by atoms with Crippen LogP contribution in [0, 0.1) is 0 Å². The monoisotopic (exact) mass is 729 g/mol. The lowest BCUT2D eigenvalue weighted by atomic mass is 10.0. The van der Waals surface area contributed by atoms with Crippen molar-refractivity contribution in [1.82, 2.24) is 24.1 Å². The Labute approximate surface area is 326 Å². The predicted octanol–water partition coefficient (Wildman–Crippen LogP) is 13.0. The van der Waals surface area contributed by atoms with Gasteiger partial charge in [0.05, 0.1) is 27.6 Å². The van der Waals surface area contributed by atoms with Gasteiger partial charge < -0.3 is 8.98 Å². The molecule has 12 rings (SSSR count). The van der Waals surface area contributed by atoms with E-state index in [0.717, 1.165) is 88.1 Å². The van der Waals surface area contributed by atoms with E-state index < -0.39 is 0 Å². The van der Waals surface area contributed by atoms with Crippen LogP contribution in [-0.2, 0) is 0 Å². The normalized spacial score (nSPS) is 11.9. The first-order chi connectivity index (χ1) is 28.3. The fraction of sp³-hybridized carbons (Fsp3) is 0. The summed E-state index contributed by atoms with van der Waals surface area (Å²) in [6.45, 7) is 0. The van der Waals surface area contributed by atoms with Crippen molar-refractivity contribution in [2.75, 3.05) is 0 Å². The number of para-hydroxylation sites is 5. The molecule has 57 heavy (non-hydrogen) atoms. The SMILES string of the molecule is c1ccc(-c2cccc(-c3nc(-c4cccc5c4oc4ccccc45)nc(-n4c5ccccc5c5cc6c(cc54)c4ccccc4n6-c4ccccc4)n3)c2)cc1. The molecule has 266 valence electrons. The molecule has 0 saturated carbocycles. The molecule has 0 N–H and O–H groups in total. The first-order valence-corrected chi connectivity index (χ1v) is 19.1. The highest BCUT2D eigenvalue weighted by atomic mass is 16.3. The molecule has 12 aromatic rings. The van der Waals surface area contributed by atoms with Crippen LogP contribution in [0.15, 0.2) is 192 Å². The van der Waals surface area contributed by atoms with Crippen molar-refractivity contribution < 1.29 is 4.42 Å². The summed E-state index contributed by atoms with van der Waals surface area (Å²) in [5, 5.41) is 6.65. The summed E-state index contributed by atoms with van der Waals surface area (Å²) < 4.78 is 11.1. The highest BCUT2D eigenvalue weighted by molar-refractivity contribution is 6.19. The quantitative estimate of drug-likeness (QED) is 0.177. The van der Waals surface area contributed by atoms with E-state index in [9.17, 15) is 0 Å². The van der Waals surface area contributed by atoms with Gasteiger partial charge in [0, 0.05) is 43.6 Å². The maximum absolute atomic E-state index is 6.55. The van der Waals surface area contributed by atoms with Crippen LogP contribution < -0.4 is 0 Å². The van der Waals surface area contributed by atoms with Crippen LogP contribution in [0.4, 0.5) is 0 Å². The van der Waals surface area contributed by atoms with Crippen LogP contribution >= 0.6 is 0 Å². The summed E-state index contributed by atoms with van der Waals surface area (Å²) in [7, 11) is 0. The Balaban J connectivity index is 1.17. The molecule has 0 aliphatic heterocycles. The zero-order valence-corrected chi connectivity index (χ0v) is 30.5. The van der Waals surface area contributed by atoms with Gasteiger partial charge in [-0.05, 0) is 65.7 Å². The van der Waals surface area contributed by atoms with Crippen LogP contribution in [0.3, 0.4) is 0 Å². The first kappa shape index (κ1) is 31.5. The number of fused-ring (bicyclic) bond motifs is 9. The lowest BCUT2D eigenvalue weighted by Gasteiger charge is -2.12. The van der Waals surface area contributed by atoms with Crippen molar-refractivity contribution in [1.29, 1.82) is 0 Å². The summed E-state index contributed by atoms with van der Waals surface area (Å²) in [6.07, 6.45) is 0. The molecule has 0 bridgehead atoms. The largest absolute Gasteiger partial charge is 0.455 e. The van der Waals surface area contributed by atoms with Crippen molar-refractivity contribution in [3.63, 3.8) is 0 Å². The molecule has 0 radical (unpaired) electrons. The minimum Gasteiger partial charge on any atom is -0.455 e. The topological polar surface area (TPSA) is 61.7 Å². The fourth-order valence-electron chi connectivity index (χ4n) is 8.61. The maximum Gasteiger partial charge on any atom is 0.238 e. The van der Waals surface area contributed by atoms with Gasteiger partial charge >= 0.3 is 0 Å². The molecule has 0 aliphatic carbocycles. The Morgan fingerprint density at radius 1 is 0.351 bits per heavy atom. The third-order valence-electron chi connectivity index (χ3n) is 11.2. The van der Waals surface area contributed by atoms with E-state index in [1.54, 1.807) is 0 Å². The van der Waals surface area contributed by atoms with Gasteiger partial charge in [-0.2, -0.15) is 9.97 Å². The Morgan fingerprint density at radius 3 is 1.68 bits per heavy atom. The number of hydrogen-bond donors (Lipinski definition) is 0. The Kier molecular flexibility index (Phi) is 6.83. The van der Waals surface area contributed by atoms with Crippen LogP contribution in [-0.4, -0.2) is 24.1 Å². The first-order valence-electron chi connectivity index (χ1n) is 19.1. The summed E-state index contributed by atoms with van der Waals surface area (Å²) in [6, 6.07) is 65.6. The molecule has 6 nitrogen and oxygen atoms in total. The number of aromatic nitrogens is 5. The zero-order valence-electron chi connectivity index (χ0n) is 30.5. The van der Waals surface area contributed by atoms with Gasteiger partial charge in [-0.1, -0.05) is 133 Å². The minimum absolute atomic E-state index is 0.533. The number of nitrogens with zero attached hydrogens (tertiary/aromatic N) is 5. The highest BCUT2D eigenvalue weighted by Gasteiger charge is 2.22. The van der Waals surface area contributed by atoms with Crippen LogP contribution in [0.25, 0.3) is 111 Å². The smallest absolute Gasteiger partial charge is 0.238 e. The summed E-state index contributed by atoms with van der Waals surface area (Å²) in [5.41, 5.74) is 10.9. The maximum atomic E-state index is 6.55. The number of hydrogen-bond acceptors (Lipinski definition) is 4. The van der Waals surface area contributed by atoms with Gasteiger partial charge in [0.15, 0.2) is 11.6 Å². The number of rotatable bonds is 5. The average molecular weight is 730 g/mol. The highest BCUT2D eigenvalue weighted by Crippen LogP contribution is 2.40. The van der Waals surface area contributed by atoms with Gasteiger partial charge in [0.2, 0.25) is 5.95 Å². The van der Waals surface area contributed by atoms with Crippen molar-refractivity contribution in [3.8, 4) is 45.5 Å². The van der Waals surface area contributed by atoms with Crippen LogP contribution in [0.2, 0.25) is 0 Å². The summed E-state index contributed by atoms with van der Waals surface area (Å²) in [5.74, 6) is 1.65. The fourth-order valence-corrected chi connectivity index (χ4v) is 8.61. The zero-order chi connectivity index (χ0) is 37.5. The van der Waals surface area contributed by atoms with Crippen LogP contribution in [0.5, 0.6) is 0 Å². The lowest BCUT2D eigenvalue weighted by Crippen LogP contribution is -2.06. The average Bonchev–Trinajstić information content (AvgIpc) is 3.93. The molecule has 6 heteroatoms. The molecule has 0 aliphatic rings. The summed E-state index contributed by atoms with van der Waals surface area (Å²) in [4.78, 5) is 15.9. The van der Waals surface area contributed by atoms with E-state index in [1.807, 2.05) is 30.3 Å². The second-order valence-corrected chi connectivity index (χ2v) is 14.4. The van der Waals surface area contributed by atoms with E-state index in [0.29, 0.717) is 17.6 Å². The van der Waals surface area contributed by atoms with Crippen molar-refractivity contribution in [2.45, 2.75) is 0 Å². The van der Waals surface area contributed by atoms with Crippen molar-refractivity contribution >= 4 is 65.6 Å². The van der Waals surface area contributed by atoms with Gasteiger partial charge in [0.25, 0.3) is 0 Å². The molecule has 8 aromatic carbocycles. The van der Waals surface area contributed by atoms with Crippen LogP contribution in [0.1, 0.15) is 0 Å². The van der Waals surface area contributed by atoms with Gasteiger partial charge in [-0.25, -0.2) is 4.98 Å². The molecule has 0 saturated heterocycles. The predicted molar refractivity (Wildman–Crippen MR) is 232 cm³/mol. The second kappa shape index (κ2) is 12.3. The third kappa shape index (κ3) is 4.87. The summed E-state index contributed by atoms with van der Waals surface area (Å²) >= 11 is 0. The Hall–Kier alpha value is -7.83. The molecule has 4 aromatic heterocycles. The molecule has 0 spiro atoms. The molecule has 0 fully saturated rings. The van der Waals surface area contributed by atoms with Gasteiger partial charge in [-0.3, -0.25) is 4.57 Å². The molecular formula is C51H31N5O. The molecule has 0 atom stereocenters. The second-order valence-electron chi connectivity index (χ2n) is 14.4. The Bertz CT molecular complexity index is 3520.